The number of thiazole rings is 1. The zero-order valence-corrected chi connectivity index (χ0v) is 15.2. The van der Waals surface area contributed by atoms with Crippen LogP contribution in [0.25, 0.3) is 10.2 Å². The van der Waals surface area contributed by atoms with Crippen LogP contribution in [0.2, 0.25) is 0 Å². The highest BCUT2D eigenvalue weighted by Crippen LogP contribution is 2.19. The molecule has 2 aromatic carbocycles. The van der Waals surface area contributed by atoms with Crippen molar-refractivity contribution in [3.8, 4) is 0 Å². The van der Waals surface area contributed by atoms with Gasteiger partial charge in [-0.1, -0.05) is 23.5 Å². The summed E-state index contributed by atoms with van der Waals surface area (Å²) in [5.74, 6) is -0.0937. The summed E-state index contributed by atoms with van der Waals surface area (Å²) >= 11 is 2.99. The summed E-state index contributed by atoms with van der Waals surface area (Å²) in [6.07, 6.45) is 2.11. The van der Waals surface area contributed by atoms with Crippen molar-refractivity contribution in [2.45, 2.75) is 13.0 Å². The molecule has 3 nitrogen and oxygen atoms in total. The average Bonchev–Trinajstić information content (AvgIpc) is 2.91. The van der Waals surface area contributed by atoms with Crippen LogP contribution in [0.3, 0.4) is 0 Å². The average molecular weight is 378 g/mol. The highest BCUT2D eigenvalue weighted by Gasteiger charge is 2.09. The third-order valence-corrected chi connectivity index (χ3v) is 5.28. The summed E-state index contributed by atoms with van der Waals surface area (Å²) in [4.78, 5) is 17.1. The molecule has 0 aliphatic heterocycles. The van der Waals surface area contributed by atoms with Gasteiger partial charge in [-0.05, 0) is 42.2 Å². The Bertz CT molecular complexity index is 961. The van der Waals surface area contributed by atoms with E-state index in [1.165, 1.54) is 35.6 Å². The van der Waals surface area contributed by atoms with Gasteiger partial charge in [0.15, 0.2) is 4.80 Å². The highest BCUT2D eigenvalue weighted by molar-refractivity contribution is 7.98. The molecule has 0 radical (unpaired) electrons. The van der Waals surface area contributed by atoms with Gasteiger partial charge in [0.05, 0.1) is 16.6 Å². The van der Waals surface area contributed by atoms with E-state index in [4.69, 9.17) is 0 Å². The highest BCUT2D eigenvalue weighted by atomic mass is 32.2. The fourth-order valence-corrected chi connectivity index (χ4v) is 3.92. The van der Waals surface area contributed by atoms with Gasteiger partial charge in [-0.15, -0.1) is 0 Å². The number of amides is 1. The SMILES string of the molecule is CSCCn1c(=NC(=O)Cc2ccc(F)cc2)sc2cc(F)ccc21. The van der Waals surface area contributed by atoms with Crippen LogP contribution in [-0.4, -0.2) is 22.5 Å². The minimum atomic E-state index is -0.338. The Morgan fingerprint density at radius 2 is 1.88 bits per heavy atom. The molecule has 0 atom stereocenters. The number of aromatic nitrogens is 1. The number of fused-ring (bicyclic) bond motifs is 1. The monoisotopic (exact) mass is 378 g/mol. The summed E-state index contributed by atoms with van der Waals surface area (Å²) in [5.41, 5.74) is 1.58. The van der Waals surface area contributed by atoms with Gasteiger partial charge < -0.3 is 4.57 Å². The summed E-state index contributed by atoms with van der Waals surface area (Å²) < 4.78 is 29.1. The molecule has 0 fully saturated rings. The second kappa shape index (κ2) is 7.93. The van der Waals surface area contributed by atoms with Crippen molar-refractivity contribution in [3.63, 3.8) is 0 Å². The van der Waals surface area contributed by atoms with Crippen molar-refractivity contribution in [3.05, 3.63) is 64.5 Å². The predicted molar refractivity (Wildman–Crippen MR) is 98.8 cm³/mol. The van der Waals surface area contributed by atoms with E-state index in [0.717, 1.165) is 16.0 Å². The maximum absolute atomic E-state index is 13.5. The number of aryl methyl sites for hydroxylation is 1. The molecule has 0 aliphatic carbocycles. The lowest BCUT2D eigenvalue weighted by Crippen LogP contribution is -2.18. The Morgan fingerprint density at radius 1 is 1.16 bits per heavy atom. The third-order valence-electron chi connectivity index (χ3n) is 3.65. The number of nitrogens with zero attached hydrogens (tertiary/aromatic N) is 2. The maximum Gasteiger partial charge on any atom is 0.252 e. The molecule has 0 unspecified atom stereocenters. The molecule has 0 saturated carbocycles. The molecule has 0 bridgehead atoms. The number of hydrogen-bond donors (Lipinski definition) is 0. The molecule has 3 aromatic rings. The second-order valence-electron chi connectivity index (χ2n) is 5.45. The third kappa shape index (κ3) is 4.35. The summed E-state index contributed by atoms with van der Waals surface area (Å²) in [6, 6.07) is 10.4. The molecule has 7 heteroatoms. The zero-order valence-electron chi connectivity index (χ0n) is 13.5. The molecule has 130 valence electrons. The fourth-order valence-electron chi connectivity index (χ4n) is 2.45. The quantitative estimate of drug-likeness (QED) is 0.672. The molecule has 25 heavy (non-hydrogen) atoms. The molecule has 0 saturated heterocycles. The van der Waals surface area contributed by atoms with Gasteiger partial charge in [0.25, 0.3) is 5.91 Å². The summed E-state index contributed by atoms with van der Waals surface area (Å²) in [6.45, 7) is 0.690. The summed E-state index contributed by atoms with van der Waals surface area (Å²) in [7, 11) is 0. The van der Waals surface area contributed by atoms with Crippen molar-refractivity contribution in [2.75, 3.05) is 12.0 Å². The molecule has 3 rings (SSSR count). The second-order valence-corrected chi connectivity index (χ2v) is 7.44. The van der Waals surface area contributed by atoms with Crippen LogP contribution in [0.5, 0.6) is 0 Å². The molecular weight excluding hydrogens is 362 g/mol. The molecule has 0 aliphatic rings. The lowest BCUT2D eigenvalue weighted by Gasteiger charge is -2.03. The Hall–Kier alpha value is -1.99. The topological polar surface area (TPSA) is 34.4 Å². The lowest BCUT2D eigenvalue weighted by atomic mass is 10.1. The predicted octanol–water partition coefficient (Wildman–Crippen LogP) is 4.01. The number of benzene rings is 2. The van der Waals surface area contributed by atoms with Gasteiger partial charge in [-0.3, -0.25) is 4.79 Å². The first-order chi connectivity index (χ1) is 12.1. The van der Waals surface area contributed by atoms with E-state index in [1.807, 2.05) is 10.8 Å². The van der Waals surface area contributed by atoms with E-state index in [0.29, 0.717) is 16.9 Å². The molecular formula is C18H16F2N2OS2. The van der Waals surface area contributed by atoms with E-state index in [1.54, 1.807) is 30.0 Å². The van der Waals surface area contributed by atoms with Crippen molar-refractivity contribution >= 4 is 39.2 Å². The lowest BCUT2D eigenvalue weighted by molar-refractivity contribution is -0.117. The van der Waals surface area contributed by atoms with E-state index >= 15 is 0 Å². The van der Waals surface area contributed by atoms with E-state index in [-0.39, 0.29) is 24.0 Å². The number of halogens is 2. The van der Waals surface area contributed by atoms with Gasteiger partial charge in [-0.2, -0.15) is 16.8 Å². The first-order valence-corrected chi connectivity index (χ1v) is 9.87. The van der Waals surface area contributed by atoms with Crippen LogP contribution in [0.4, 0.5) is 8.78 Å². The molecule has 1 aromatic heterocycles. The smallest absolute Gasteiger partial charge is 0.252 e. The Balaban J connectivity index is 1.96. The number of thioether (sulfide) groups is 1. The fraction of sp³-hybridized carbons (Fsp3) is 0.222. The first kappa shape index (κ1) is 17.8. The number of carbonyl (C=O) groups is 1. The minimum absolute atomic E-state index is 0.103. The maximum atomic E-state index is 13.5. The number of rotatable bonds is 5. The normalized spacial score (nSPS) is 12.0. The van der Waals surface area contributed by atoms with Crippen LogP contribution in [-0.2, 0) is 17.8 Å². The molecule has 1 amide bonds. The van der Waals surface area contributed by atoms with Gasteiger partial charge >= 0.3 is 0 Å². The Labute approximate surface area is 152 Å². The van der Waals surface area contributed by atoms with Crippen LogP contribution in [0.1, 0.15) is 5.56 Å². The van der Waals surface area contributed by atoms with E-state index in [2.05, 4.69) is 4.99 Å². The Morgan fingerprint density at radius 3 is 2.60 bits per heavy atom. The van der Waals surface area contributed by atoms with Crippen LogP contribution >= 0.6 is 23.1 Å². The largest absolute Gasteiger partial charge is 0.316 e. The van der Waals surface area contributed by atoms with Crippen LogP contribution < -0.4 is 4.80 Å². The Kier molecular flexibility index (Phi) is 5.65. The van der Waals surface area contributed by atoms with Crippen molar-refractivity contribution < 1.29 is 13.6 Å². The van der Waals surface area contributed by atoms with Gasteiger partial charge in [0.1, 0.15) is 11.6 Å². The summed E-state index contributed by atoms with van der Waals surface area (Å²) in [5, 5.41) is 0. The van der Waals surface area contributed by atoms with Crippen molar-refractivity contribution in [2.24, 2.45) is 4.99 Å². The number of hydrogen-bond acceptors (Lipinski definition) is 3. The van der Waals surface area contributed by atoms with Crippen LogP contribution in [0.15, 0.2) is 47.5 Å². The molecule has 1 heterocycles. The molecule has 0 spiro atoms. The van der Waals surface area contributed by atoms with Crippen molar-refractivity contribution in [1.29, 1.82) is 0 Å². The van der Waals surface area contributed by atoms with Gasteiger partial charge in [-0.25, -0.2) is 8.78 Å². The minimum Gasteiger partial charge on any atom is -0.316 e. The molecule has 0 N–H and O–H groups in total. The first-order valence-electron chi connectivity index (χ1n) is 7.66. The van der Waals surface area contributed by atoms with Gasteiger partial charge in [0.2, 0.25) is 0 Å². The van der Waals surface area contributed by atoms with Crippen molar-refractivity contribution in [1.82, 2.24) is 4.57 Å². The zero-order chi connectivity index (χ0) is 17.8. The van der Waals surface area contributed by atoms with E-state index < -0.39 is 0 Å². The number of carbonyl (C=O) groups excluding carboxylic acids is 1. The van der Waals surface area contributed by atoms with Crippen LogP contribution in [0, 0.1) is 11.6 Å². The van der Waals surface area contributed by atoms with Gasteiger partial charge in [0, 0.05) is 12.3 Å². The standard InChI is InChI=1S/C18H16F2N2OS2/c1-24-9-8-22-15-7-6-14(20)11-16(15)25-18(22)21-17(23)10-12-2-4-13(19)5-3-12/h2-7,11H,8-10H2,1H3. The van der Waals surface area contributed by atoms with E-state index in [9.17, 15) is 13.6 Å².